The van der Waals surface area contributed by atoms with E-state index >= 15 is 0 Å². The number of aromatic nitrogens is 2. The monoisotopic (exact) mass is 254 g/mol. The van der Waals surface area contributed by atoms with Gasteiger partial charge in [-0.15, -0.1) is 0 Å². The van der Waals surface area contributed by atoms with Crippen molar-refractivity contribution in [1.82, 2.24) is 15.5 Å². The zero-order valence-electron chi connectivity index (χ0n) is 12.2. The average molecular weight is 254 g/mol. The highest BCUT2D eigenvalue weighted by Gasteiger charge is 2.23. The Hall–Kier alpha value is -1.10. The lowest BCUT2D eigenvalue weighted by molar-refractivity contribution is 0.316. The van der Waals surface area contributed by atoms with Gasteiger partial charge in [0, 0.05) is 19.6 Å². The molecule has 18 heavy (non-hydrogen) atoms. The van der Waals surface area contributed by atoms with Crippen LogP contribution >= 0.6 is 0 Å². The van der Waals surface area contributed by atoms with Crippen molar-refractivity contribution in [3.63, 3.8) is 0 Å². The fourth-order valence-electron chi connectivity index (χ4n) is 1.93. The van der Waals surface area contributed by atoms with Crippen molar-refractivity contribution < 1.29 is 4.52 Å². The number of nitrogens with zero attached hydrogens (tertiary/aromatic N) is 3. The van der Waals surface area contributed by atoms with Gasteiger partial charge in [-0.05, 0) is 38.4 Å². The minimum absolute atomic E-state index is 0.281. The summed E-state index contributed by atoms with van der Waals surface area (Å²) in [6.07, 6.45) is 2.13. The molecule has 0 saturated heterocycles. The number of rotatable bonds is 8. The van der Waals surface area contributed by atoms with Crippen molar-refractivity contribution in [2.24, 2.45) is 0 Å². The molecule has 0 saturated carbocycles. The number of hydrogen-bond donors (Lipinski definition) is 1. The molecule has 0 amide bonds. The summed E-state index contributed by atoms with van der Waals surface area (Å²) >= 11 is 0. The first-order valence-electron chi connectivity index (χ1n) is 6.92. The van der Waals surface area contributed by atoms with E-state index in [0.29, 0.717) is 12.0 Å². The third-order valence-corrected chi connectivity index (χ3v) is 3.32. The molecular formula is C13H26N4O. The topological polar surface area (TPSA) is 54.2 Å². The van der Waals surface area contributed by atoms with Crippen molar-refractivity contribution in [2.45, 2.75) is 52.5 Å². The lowest BCUT2D eigenvalue weighted by Crippen LogP contribution is -2.32. The number of anilines is 1. The van der Waals surface area contributed by atoms with Crippen LogP contribution in [-0.2, 0) is 0 Å². The van der Waals surface area contributed by atoms with Crippen LogP contribution in [-0.4, -0.2) is 36.3 Å². The van der Waals surface area contributed by atoms with Crippen molar-refractivity contribution >= 4 is 5.95 Å². The molecule has 0 aromatic carbocycles. The minimum Gasteiger partial charge on any atom is -0.342 e. The van der Waals surface area contributed by atoms with Gasteiger partial charge in [-0.25, -0.2) is 0 Å². The summed E-state index contributed by atoms with van der Waals surface area (Å²) < 4.78 is 5.40. The second kappa shape index (κ2) is 7.36. The van der Waals surface area contributed by atoms with E-state index in [4.69, 9.17) is 4.52 Å². The average Bonchev–Trinajstić information content (AvgIpc) is 2.85. The van der Waals surface area contributed by atoms with Crippen molar-refractivity contribution in [1.29, 1.82) is 0 Å². The van der Waals surface area contributed by atoms with E-state index < -0.39 is 0 Å². The van der Waals surface area contributed by atoms with Crippen LogP contribution in [0.5, 0.6) is 0 Å². The van der Waals surface area contributed by atoms with Crippen molar-refractivity contribution in [3.8, 4) is 0 Å². The first kappa shape index (κ1) is 15.0. The highest BCUT2D eigenvalue weighted by Crippen LogP contribution is 2.23. The molecule has 0 bridgehead atoms. The fraction of sp³-hybridized carbons (Fsp3) is 0.846. The molecule has 0 aliphatic carbocycles. The van der Waals surface area contributed by atoms with Crippen LogP contribution in [0.15, 0.2) is 4.52 Å². The Balaban J connectivity index is 2.72. The molecule has 5 nitrogen and oxygen atoms in total. The lowest BCUT2D eigenvalue weighted by atomic mass is 9.98. The predicted octanol–water partition coefficient (Wildman–Crippen LogP) is 2.41. The summed E-state index contributed by atoms with van der Waals surface area (Å²) in [5.74, 6) is 1.70. The van der Waals surface area contributed by atoms with E-state index in [0.717, 1.165) is 31.8 Å². The van der Waals surface area contributed by atoms with Gasteiger partial charge in [0.15, 0.2) is 0 Å². The number of nitrogens with one attached hydrogen (secondary N) is 1. The van der Waals surface area contributed by atoms with Crippen LogP contribution in [0.3, 0.4) is 0 Å². The van der Waals surface area contributed by atoms with E-state index in [9.17, 15) is 0 Å². The quantitative estimate of drug-likeness (QED) is 0.772. The second-order valence-electron chi connectivity index (χ2n) is 4.70. The number of hydrogen-bond acceptors (Lipinski definition) is 5. The first-order valence-corrected chi connectivity index (χ1v) is 6.92. The molecule has 0 aliphatic heterocycles. The Labute approximate surface area is 110 Å². The molecule has 2 atom stereocenters. The van der Waals surface area contributed by atoms with Gasteiger partial charge in [0.1, 0.15) is 0 Å². The summed E-state index contributed by atoms with van der Waals surface area (Å²) in [6, 6.07) is 0.357. The molecule has 1 N–H and O–H groups in total. The highest BCUT2D eigenvalue weighted by molar-refractivity contribution is 5.25. The molecule has 1 rings (SSSR count). The van der Waals surface area contributed by atoms with Crippen LogP contribution < -0.4 is 10.2 Å². The minimum atomic E-state index is 0.281. The van der Waals surface area contributed by atoms with Gasteiger partial charge in [-0.1, -0.05) is 13.8 Å². The van der Waals surface area contributed by atoms with Gasteiger partial charge in [0.05, 0.1) is 5.92 Å². The van der Waals surface area contributed by atoms with Crippen LogP contribution in [0.25, 0.3) is 0 Å². The zero-order valence-corrected chi connectivity index (χ0v) is 12.2. The van der Waals surface area contributed by atoms with E-state index in [1.165, 1.54) is 0 Å². The molecule has 1 aromatic rings. The molecule has 0 radical (unpaired) electrons. The van der Waals surface area contributed by atoms with Gasteiger partial charge < -0.3 is 14.7 Å². The Morgan fingerprint density at radius 2 is 2.06 bits per heavy atom. The summed E-state index contributed by atoms with van der Waals surface area (Å²) in [5, 5.41) is 7.52. The van der Waals surface area contributed by atoms with E-state index in [1.807, 2.05) is 11.9 Å². The SMILES string of the molecule is CCCNC(C)C(CC)c1nc(N(C)CC)no1. The van der Waals surface area contributed by atoms with Gasteiger partial charge >= 0.3 is 0 Å². The van der Waals surface area contributed by atoms with Gasteiger partial charge in [0.25, 0.3) is 5.95 Å². The van der Waals surface area contributed by atoms with E-state index in [1.54, 1.807) is 0 Å². The van der Waals surface area contributed by atoms with E-state index in [2.05, 4.69) is 43.2 Å². The molecule has 2 unspecified atom stereocenters. The second-order valence-corrected chi connectivity index (χ2v) is 4.70. The molecular weight excluding hydrogens is 228 g/mol. The van der Waals surface area contributed by atoms with Crippen LogP contribution in [0.1, 0.15) is 52.3 Å². The summed E-state index contributed by atoms with van der Waals surface area (Å²) in [4.78, 5) is 6.47. The Morgan fingerprint density at radius 1 is 1.33 bits per heavy atom. The summed E-state index contributed by atoms with van der Waals surface area (Å²) in [6.45, 7) is 10.5. The molecule has 0 spiro atoms. The zero-order chi connectivity index (χ0) is 13.5. The maximum absolute atomic E-state index is 5.40. The molecule has 0 fully saturated rings. The normalized spacial score (nSPS) is 14.5. The Kier molecular flexibility index (Phi) is 6.12. The van der Waals surface area contributed by atoms with Crippen LogP contribution in [0.4, 0.5) is 5.95 Å². The molecule has 1 heterocycles. The van der Waals surface area contributed by atoms with Gasteiger partial charge in [0.2, 0.25) is 5.89 Å². The Bertz CT molecular complexity index is 339. The van der Waals surface area contributed by atoms with Gasteiger partial charge in [-0.3, -0.25) is 0 Å². The summed E-state index contributed by atoms with van der Waals surface area (Å²) in [5.41, 5.74) is 0. The molecule has 0 aliphatic rings. The van der Waals surface area contributed by atoms with Crippen molar-refractivity contribution in [2.75, 3.05) is 25.0 Å². The van der Waals surface area contributed by atoms with Gasteiger partial charge in [-0.2, -0.15) is 4.98 Å². The third-order valence-electron chi connectivity index (χ3n) is 3.32. The standard InChI is InChI=1S/C13H26N4O/c1-6-9-14-10(4)11(7-2)12-15-13(16-18-12)17(5)8-3/h10-11,14H,6-9H2,1-5H3. The highest BCUT2D eigenvalue weighted by atomic mass is 16.5. The third kappa shape index (κ3) is 3.70. The van der Waals surface area contributed by atoms with Crippen LogP contribution in [0.2, 0.25) is 0 Å². The lowest BCUT2D eigenvalue weighted by Gasteiger charge is -2.20. The molecule has 5 heteroatoms. The maximum atomic E-state index is 5.40. The molecule has 104 valence electrons. The smallest absolute Gasteiger partial charge is 0.265 e. The predicted molar refractivity (Wildman–Crippen MR) is 74.0 cm³/mol. The Morgan fingerprint density at radius 3 is 2.61 bits per heavy atom. The largest absolute Gasteiger partial charge is 0.342 e. The van der Waals surface area contributed by atoms with Crippen molar-refractivity contribution in [3.05, 3.63) is 5.89 Å². The maximum Gasteiger partial charge on any atom is 0.265 e. The first-order chi connectivity index (χ1) is 8.63. The fourth-order valence-corrected chi connectivity index (χ4v) is 1.93. The van der Waals surface area contributed by atoms with E-state index in [-0.39, 0.29) is 5.92 Å². The molecule has 1 aromatic heterocycles. The summed E-state index contributed by atoms with van der Waals surface area (Å²) in [7, 11) is 1.97. The van der Waals surface area contributed by atoms with Crippen LogP contribution in [0, 0.1) is 0 Å².